The second kappa shape index (κ2) is 7.89. The summed E-state index contributed by atoms with van der Waals surface area (Å²) in [6.07, 6.45) is 0. The molecule has 0 aliphatic carbocycles. The molecule has 100 valence electrons. The van der Waals surface area contributed by atoms with Crippen molar-refractivity contribution in [2.45, 2.75) is 13.8 Å². The van der Waals surface area contributed by atoms with Crippen LogP contribution in [0.2, 0.25) is 0 Å². The molecule has 0 heterocycles. The largest absolute Gasteiger partial charge is 0.481 e. The molecule has 0 aromatic carbocycles. The van der Waals surface area contributed by atoms with Crippen molar-refractivity contribution in [2.75, 3.05) is 40.3 Å². The number of nitrogens with zero attached hydrogens (tertiary/aromatic N) is 2. The summed E-state index contributed by atoms with van der Waals surface area (Å²) in [7, 11) is 3.54. The topological polar surface area (TPSA) is 72.9 Å². The molecule has 0 saturated heterocycles. The zero-order valence-corrected chi connectivity index (χ0v) is 11.1. The Bertz CT molecular complexity index is 258. The molecule has 0 rings (SSSR count). The molecule has 6 heteroatoms. The van der Waals surface area contributed by atoms with E-state index in [1.807, 2.05) is 14.0 Å². The van der Waals surface area contributed by atoms with Crippen LogP contribution in [0.25, 0.3) is 0 Å². The SMILES string of the molecule is CCN(CC(C)C(=O)O)C(=O)N(C)CCNC. The van der Waals surface area contributed by atoms with Gasteiger partial charge < -0.3 is 20.2 Å². The van der Waals surface area contributed by atoms with Crippen LogP contribution in [-0.2, 0) is 4.79 Å². The average molecular weight is 245 g/mol. The minimum Gasteiger partial charge on any atom is -0.481 e. The van der Waals surface area contributed by atoms with E-state index in [-0.39, 0.29) is 12.6 Å². The van der Waals surface area contributed by atoms with Crippen molar-refractivity contribution in [1.82, 2.24) is 15.1 Å². The van der Waals surface area contributed by atoms with Crippen LogP contribution in [0.1, 0.15) is 13.8 Å². The van der Waals surface area contributed by atoms with Gasteiger partial charge in [-0.15, -0.1) is 0 Å². The highest BCUT2D eigenvalue weighted by Crippen LogP contribution is 2.03. The van der Waals surface area contributed by atoms with Gasteiger partial charge in [0.05, 0.1) is 5.92 Å². The Balaban J connectivity index is 4.34. The van der Waals surface area contributed by atoms with E-state index in [0.717, 1.165) is 0 Å². The smallest absolute Gasteiger partial charge is 0.319 e. The van der Waals surface area contributed by atoms with E-state index in [4.69, 9.17) is 5.11 Å². The molecule has 2 amide bonds. The fourth-order valence-electron chi connectivity index (χ4n) is 1.37. The van der Waals surface area contributed by atoms with E-state index in [1.165, 1.54) is 0 Å². The summed E-state index contributed by atoms with van der Waals surface area (Å²) >= 11 is 0. The van der Waals surface area contributed by atoms with E-state index in [9.17, 15) is 9.59 Å². The number of likely N-dealkylation sites (N-methyl/N-ethyl adjacent to an activating group) is 2. The molecule has 0 spiro atoms. The molecular weight excluding hydrogens is 222 g/mol. The van der Waals surface area contributed by atoms with Crippen LogP contribution in [0.3, 0.4) is 0 Å². The Labute approximate surface area is 103 Å². The Morgan fingerprint density at radius 1 is 1.41 bits per heavy atom. The van der Waals surface area contributed by atoms with Crippen molar-refractivity contribution in [1.29, 1.82) is 0 Å². The molecule has 2 N–H and O–H groups in total. The molecule has 0 aromatic heterocycles. The number of hydrogen-bond donors (Lipinski definition) is 2. The van der Waals surface area contributed by atoms with Gasteiger partial charge in [0.1, 0.15) is 0 Å². The predicted octanol–water partition coefficient (Wildman–Crippen LogP) is 0.300. The van der Waals surface area contributed by atoms with Crippen LogP contribution < -0.4 is 5.32 Å². The Morgan fingerprint density at radius 3 is 2.41 bits per heavy atom. The van der Waals surface area contributed by atoms with Crippen LogP contribution in [0, 0.1) is 5.92 Å². The third kappa shape index (κ3) is 5.53. The molecule has 6 nitrogen and oxygen atoms in total. The molecule has 17 heavy (non-hydrogen) atoms. The molecule has 0 radical (unpaired) electrons. The van der Waals surface area contributed by atoms with E-state index < -0.39 is 11.9 Å². The maximum absolute atomic E-state index is 12.0. The van der Waals surface area contributed by atoms with Crippen LogP contribution in [0.4, 0.5) is 4.79 Å². The number of rotatable bonds is 7. The molecule has 0 aliphatic heterocycles. The molecule has 1 unspecified atom stereocenters. The fourth-order valence-corrected chi connectivity index (χ4v) is 1.37. The van der Waals surface area contributed by atoms with Crippen LogP contribution in [-0.4, -0.2) is 67.2 Å². The van der Waals surface area contributed by atoms with E-state index in [2.05, 4.69) is 5.32 Å². The van der Waals surface area contributed by atoms with Gasteiger partial charge in [0.2, 0.25) is 0 Å². The monoisotopic (exact) mass is 245 g/mol. The average Bonchev–Trinajstić information content (AvgIpc) is 2.31. The van der Waals surface area contributed by atoms with Crippen molar-refractivity contribution >= 4 is 12.0 Å². The summed E-state index contributed by atoms with van der Waals surface area (Å²) in [5, 5.41) is 11.8. The lowest BCUT2D eigenvalue weighted by atomic mass is 10.2. The maximum Gasteiger partial charge on any atom is 0.319 e. The Kier molecular flexibility index (Phi) is 7.29. The summed E-state index contributed by atoms with van der Waals surface area (Å²) in [5.41, 5.74) is 0. The van der Waals surface area contributed by atoms with Crippen LogP contribution in [0.5, 0.6) is 0 Å². The first-order valence-corrected chi connectivity index (χ1v) is 5.81. The summed E-state index contributed by atoms with van der Waals surface area (Å²) in [4.78, 5) is 25.9. The van der Waals surface area contributed by atoms with Crippen LogP contribution in [0.15, 0.2) is 0 Å². The second-order valence-electron chi connectivity index (χ2n) is 4.09. The number of urea groups is 1. The minimum atomic E-state index is -0.880. The number of nitrogens with one attached hydrogen (secondary N) is 1. The van der Waals surface area contributed by atoms with Gasteiger partial charge in [-0.05, 0) is 14.0 Å². The Hall–Kier alpha value is -1.30. The van der Waals surface area contributed by atoms with Crippen molar-refractivity contribution in [3.63, 3.8) is 0 Å². The number of carbonyl (C=O) groups excluding carboxylic acids is 1. The van der Waals surface area contributed by atoms with Gasteiger partial charge in [-0.2, -0.15) is 0 Å². The van der Waals surface area contributed by atoms with Gasteiger partial charge in [-0.3, -0.25) is 4.79 Å². The summed E-state index contributed by atoms with van der Waals surface area (Å²) in [5.74, 6) is -1.43. The van der Waals surface area contributed by atoms with Gasteiger partial charge >= 0.3 is 12.0 Å². The number of aliphatic carboxylic acids is 1. The van der Waals surface area contributed by atoms with Gasteiger partial charge in [-0.1, -0.05) is 6.92 Å². The lowest BCUT2D eigenvalue weighted by molar-refractivity contribution is -0.141. The molecule has 0 saturated carbocycles. The van der Waals surface area contributed by atoms with E-state index in [0.29, 0.717) is 19.6 Å². The highest BCUT2D eigenvalue weighted by atomic mass is 16.4. The minimum absolute atomic E-state index is 0.129. The van der Waals surface area contributed by atoms with E-state index >= 15 is 0 Å². The first-order chi connectivity index (χ1) is 7.93. The summed E-state index contributed by atoms with van der Waals surface area (Å²) in [6, 6.07) is -0.129. The molecule has 0 fully saturated rings. The second-order valence-corrected chi connectivity index (χ2v) is 4.09. The predicted molar refractivity (Wildman–Crippen MR) is 66.0 cm³/mol. The lowest BCUT2D eigenvalue weighted by Crippen LogP contribution is -2.45. The van der Waals surface area contributed by atoms with Crippen molar-refractivity contribution in [3.8, 4) is 0 Å². The van der Waals surface area contributed by atoms with E-state index in [1.54, 1.807) is 23.8 Å². The number of amides is 2. The third-order valence-electron chi connectivity index (χ3n) is 2.59. The van der Waals surface area contributed by atoms with Crippen molar-refractivity contribution < 1.29 is 14.7 Å². The molecule has 1 atom stereocenters. The number of carbonyl (C=O) groups is 2. The number of carboxylic acids is 1. The standard InChI is InChI=1S/C11H23N3O3/c1-5-14(8-9(2)10(15)16)11(17)13(4)7-6-12-3/h9,12H,5-8H2,1-4H3,(H,15,16). The first-order valence-electron chi connectivity index (χ1n) is 5.81. The quantitative estimate of drug-likeness (QED) is 0.676. The van der Waals surface area contributed by atoms with Crippen LogP contribution >= 0.6 is 0 Å². The normalized spacial score (nSPS) is 12.0. The number of hydrogen-bond acceptors (Lipinski definition) is 3. The van der Waals surface area contributed by atoms with Gasteiger partial charge in [0.25, 0.3) is 0 Å². The zero-order chi connectivity index (χ0) is 13.4. The first kappa shape index (κ1) is 15.7. The third-order valence-corrected chi connectivity index (χ3v) is 2.59. The molecule has 0 aliphatic rings. The summed E-state index contributed by atoms with van der Waals surface area (Å²) in [6.45, 7) is 5.53. The lowest BCUT2D eigenvalue weighted by Gasteiger charge is -2.28. The van der Waals surface area contributed by atoms with Gasteiger partial charge in [0, 0.05) is 33.2 Å². The zero-order valence-electron chi connectivity index (χ0n) is 11.1. The molecule has 0 bridgehead atoms. The van der Waals surface area contributed by atoms with Gasteiger partial charge in [-0.25, -0.2) is 4.79 Å². The maximum atomic E-state index is 12.0. The highest BCUT2D eigenvalue weighted by molar-refractivity contribution is 5.75. The fraction of sp³-hybridized carbons (Fsp3) is 0.818. The van der Waals surface area contributed by atoms with Gasteiger partial charge in [0.15, 0.2) is 0 Å². The highest BCUT2D eigenvalue weighted by Gasteiger charge is 2.21. The van der Waals surface area contributed by atoms with Crippen molar-refractivity contribution in [3.05, 3.63) is 0 Å². The summed E-state index contributed by atoms with van der Waals surface area (Å²) < 4.78 is 0. The number of carboxylic acid groups (broad SMARTS) is 1. The Morgan fingerprint density at radius 2 is 2.00 bits per heavy atom. The molecule has 0 aromatic rings. The molecular formula is C11H23N3O3. The van der Waals surface area contributed by atoms with Crippen molar-refractivity contribution in [2.24, 2.45) is 5.92 Å².